The van der Waals surface area contributed by atoms with Gasteiger partial charge in [0.2, 0.25) is 0 Å². The third-order valence-corrected chi connectivity index (χ3v) is 4.74. The number of carbonyl (C=O) groups excluding carboxylic acids is 1. The number of rotatable bonds is 6. The molecule has 6 heteroatoms. The molecule has 0 fully saturated rings. The smallest absolute Gasteiger partial charge is 0.265 e. The molecular formula is C15H28N4OS. The van der Waals surface area contributed by atoms with Gasteiger partial charge in [0, 0.05) is 11.1 Å². The van der Waals surface area contributed by atoms with E-state index in [0.717, 1.165) is 19.3 Å². The normalized spacial score (nSPS) is 12.3. The summed E-state index contributed by atoms with van der Waals surface area (Å²) in [5.41, 5.74) is 5.63. The van der Waals surface area contributed by atoms with E-state index in [-0.39, 0.29) is 17.0 Å². The van der Waals surface area contributed by atoms with Crippen molar-refractivity contribution in [2.24, 2.45) is 0 Å². The van der Waals surface area contributed by atoms with Crippen molar-refractivity contribution < 1.29 is 4.79 Å². The Morgan fingerprint density at radius 1 is 1.19 bits per heavy atom. The SMILES string of the molecule is CCC(CC)(CC)NC(=O)c1sc(NC(C)(C)C)nc1N. The van der Waals surface area contributed by atoms with Gasteiger partial charge in [-0.3, -0.25) is 4.79 Å². The van der Waals surface area contributed by atoms with E-state index < -0.39 is 0 Å². The lowest BCUT2D eigenvalue weighted by Gasteiger charge is -2.31. The molecule has 0 spiro atoms. The summed E-state index contributed by atoms with van der Waals surface area (Å²) < 4.78 is 0. The summed E-state index contributed by atoms with van der Waals surface area (Å²) in [5.74, 6) is 0.166. The van der Waals surface area contributed by atoms with E-state index in [2.05, 4.69) is 36.4 Å². The fourth-order valence-corrected chi connectivity index (χ4v) is 3.17. The first-order valence-electron chi connectivity index (χ1n) is 7.53. The van der Waals surface area contributed by atoms with Crippen LogP contribution >= 0.6 is 11.3 Å². The summed E-state index contributed by atoms with van der Waals surface area (Å²) in [5, 5.41) is 7.07. The summed E-state index contributed by atoms with van der Waals surface area (Å²) in [6.45, 7) is 12.4. The molecule has 0 atom stereocenters. The lowest BCUT2D eigenvalue weighted by molar-refractivity contribution is 0.0893. The highest BCUT2D eigenvalue weighted by Crippen LogP contribution is 2.28. The Kier molecular flexibility index (Phi) is 5.61. The lowest BCUT2D eigenvalue weighted by Crippen LogP contribution is -2.47. The van der Waals surface area contributed by atoms with Crippen molar-refractivity contribution in [3.8, 4) is 0 Å². The number of hydrogen-bond donors (Lipinski definition) is 3. The summed E-state index contributed by atoms with van der Waals surface area (Å²) in [6, 6.07) is 0. The number of nitrogen functional groups attached to an aromatic ring is 1. The van der Waals surface area contributed by atoms with Crippen LogP contribution in [0, 0.1) is 0 Å². The lowest BCUT2D eigenvalue weighted by atomic mass is 9.90. The highest BCUT2D eigenvalue weighted by atomic mass is 32.1. The molecule has 0 aromatic carbocycles. The Balaban J connectivity index is 2.93. The number of nitrogens with two attached hydrogens (primary N) is 1. The molecule has 0 saturated carbocycles. The largest absolute Gasteiger partial charge is 0.382 e. The third kappa shape index (κ3) is 4.59. The molecule has 0 aliphatic carbocycles. The summed E-state index contributed by atoms with van der Waals surface area (Å²) >= 11 is 1.31. The van der Waals surface area contributed by atoms with Crippen LogP contribution in [0.3, 0.4) is 0 Å². The first kappa shape index (κ1) is 17.8. The summed E-state index contributed by atoms with van der Waals surface area (Å²) in [4.78, 5) is 17.2. The fraction of sp³-hybridized carbons (Fsp3) is 0.733. The second-order valence-corrected chi connectivity index (χ2v) is 7.40. The van der Waals surface area contributed by atoms with E-state index in [4.69, 9.17) is 5.73 Å². The highest BCUT2D eigenvalue weighted by molar-refractivity contribution is 7.18. The van der Waals surface area contributed by atoms with Gasteiger partial charge in [0.1, 0.15) is 10.7 Å². The molecule has 1 rings (SSSR count). The van der Waals surface area contributed by atoms with Gasteiger partial charge < -0.3 is 16.4 Å². The Labute approximate surface area is 131 Å². The number of amides is 1. The van der Waals surface area contributed by atoms with Crippen molar-refractivity contribution in [1.82, 2.24) is 10.3 Å². The predicted molar refractivity (Wildman–Crippen MR) is 91.0 cm³/mol. The fourth-order valence-electron chi connectivity index (χ4n) is 2.18. The van der Waals surface area contributed by atoms with Crippen molar-refractivity contribution in [1.29, 1.82) is 0 Å². The molecule has 1 aromatic heterocycles. The number of carbonyl (C=O) groups is 1. The number of anilines is 2. The zero-order chi connectivity index (χ0) is 16.3. The number of aromatic nitrogens is 1. The second-order valence-electron chi connectivity index (χ2n) is 6.40. The van der Waals surface area contributed by atoms with E-state index in [1.165, 1.54) is 11.3 Å². The molecule has 1 heterocycles. The predicted octanol–water partition coefficient (Wildman–Crippen LogP) is 3.63. The molecular weight excluding hydrogens is 284 g/mol. The molecule has 1 amide bonds. The summed E-state index contributed by atoms with van der Waals surface area (Å²) in [6.07, 6.45) is 2.70. The van der Waals surface area contributed by atoms with Gasteiger partial charge >= 0.3 is 0 Å². The van der Waals surface area contributed by atoms with Crippen LogP contribution in [0.2, 0.25) is 0 Å². The van der Waals surface area contributed by atoms with Crippen molar-refractivity contribution in [3.05, 3.63) is 4.88 Å². The van der Waals surface area contributed by atoms with Crippen LogP contribution in [0.5, 0.6) is 0 Å². The van der Waals surface area contributed by atoms with Gasteiger partial charge in [-0.2, -0.15) is 0 Å². The van der Waals surface area contributed by atoms with Crippen LogP contribution in [-0.4, -0.2) is 22.0 Å². The Morgan fingerprint density at radius 2 is 1.71 bits per heavy atom. The van der Waals surface area contributed by atoms with Crippen LogP contribution in [0.15, 0.2) is 0 Å². The topological polar surface area (TPSA) is 80.0 Å². The molecule has 1 aromatic rings. The van der Waals surface area contributed by atoms with Gasteiger partial charge in [-0.1, -0.05) is 32.1 Å². The molecule has 4 N–H and O–H groups in total. The van der Waals surface area contributed by atoms with Crippen LogP contribution in [0.25, 0.3) is 0 Å². The minimum Gasteiger partial charge on any atom is -0.382 e. The van der Waals surface area contributed by atoms with E-state index in [9.17, 15) is 4.79 Å². The first-order chi connectivity index (χ1) is 9.66. The monoisotopic (exact) mass is 312 g/mol. The second kappa shape index (κ2) is 6.64. The van der Waals surface area contributed by atoms with E-state index in [1.54, 1.807) is 0 Å². The number of nitrogens with one attached hydrogen (secondary N) is 2. The summed E-state index contributed by atoms with van der Waals surface area (Å²) in [7, 11) is 0. The van der Waals surface area contributed by atoms with Crippen molar-refractivity contribution in [3.63, 3.8) is 0 Å². The molecule has 120 valence electrons. The van der Waals surface area contributed by atoms with E-state index in [0.29, 0.717) is 15.8 Å². The minimum absolute atomic E-state index is 0.113. The number of thiazole rings is 1. The molecule has 21 heavy (non-hydrogen) atoms. The maximum absolute atomic E-state index is 12.5. The molecule has 0 unspecified atom stereocenters. The van der Waals surface area contributed by atoms with Crippen molar-refractivity contribution >= 4 is 28.2 Å². The van der Waals surface area contributed by atoms with Gasteiger partial charge in [0.05, 0.1) is 0 Å². The Hall–Kier alpha value is -1.30. The zero-order valence-corrected chi connectivity index (χ0v) is 14.8. The van der Waals surface area contributed by atoms with Gasteiger partial charge in [-0.15, -0.1) is 0 Å². The Bertz CT molecular complexity index is 478. The Morgan fingerprint density at radius 3 is 2.14 bits per heavy atom. The molecule has 0 aliphatic heterocycles. The quantitative estimate of drug-likeness (QED) is 0.749. The van der Waals surface area contributed by atoms with E-state index >= 15 is 0 Å². The maximum atomic E-state index is 12.5. The molecule has 0 saturated heterocycles. The first-order valence-corrected chi connectivity index (χ1v) is 8.35. The standard InChI is InChI=1S/C15H28N4OS/c1-7-15(8-2,9-3)18-12(20)10-11(16)17-13(21-10)19-14(4,5)6/h7-9,16H2,1-6H3,(H,17,19)(H,18,20). The van der Waals surface area contributed by atoms with Crippen molar-refractivity contribution in [2.45, 2.75) is 71.9 Å². The molecule has 0 radical (unpaired) electrons. The van der Waals surface area contributed by atoms with Gasteiger partial charge in [-0.25, -0.2) is 4.98 Å². The third-order valence-electron chi connectivity index (χ3n) is 3.75. The van der Waals surface area contributed by atoms with Crippen LogP contribution < -0.4 is 16.4 Å². The van der Waals surface area contributed by atoms with Crippen LogP contribution in [0.4, 0.5) is 10.9 Å². The molecule has 0 aliphatic rings. The van der Waals surface area contributed by atoms with Crippen LogP contribution in [-0.2, 0) is 0 Å². The number of hydrogen-bond acceptors (Lipinski definition) is 5. The average Bonchev–Trinajstić information content (AvgIpc) is 2.74. The maximum Gasteiger partial charge on any atom is 0.265 e. The van der Waals surface area contributed by atoms with Gasteiger partial charge in [-0.05, 0) is 40.0 Å². The average molecular weight is 312 g/mol. The van der Waals surface area contributed by atoms with Gasteiger partial charge in [0.15, 0.2) is 5.13 Å². The van der Waals surface area contributed by atoms with E-state index in [1.807, 2.05) is 20.8 Å². The van der Waals surface area contributed by atoms with Gasteiger partial charge in [0.25, 0.3) is 5.91 Å². The van der Waals surface area contributed by atoms with Crippen LogP contribution in [0.1, 0.15) is 70.5 Å². The highest BCUT2D eigenvalue weighted by Gasteiger charge is 2.28. The van der Waals surface area contributed by atoms with Crippen molar-refractivity contribution in [2.75, 3.05) is 11.1 Å². The zero-order valence-electron chi connectivity index (χ0n) is 14.0. The number of nitrogens with zero attached hydrogens (tertiary/aromatic N) is 1. The molecule has 5 nitrogen and oxygen atoms in total. The molecule has 0 bridgehead atoms. The minimum atomic E-state index is -0.162.